The molecule has 0 bridgehead atoms. The molecule has 0 aliphatic carbocycles. The van der Waals surface area contributed by atoms with E-state index in [1.165, 1.54) is 0 Å². The van der Waals surface area contributed by atoms with Gasteiger partial charge in [-0.3, -0.25) is 0 Å². The Morgan fingerprint density at radius 2 is 0.857 bits per heavy atom. The van der Waals surface area contributed by atoms with E-state index in [4.69, 9.17) is 69.6 Å². The first-order chi connectivity index (χ1) is 6.29. The van der Waals surface area contributed by atoms with E-state index < -0.39 is 9.65 Å². The first-order valence-electron chi connectivity index (χ1n) is 2.98. The summed E-state index contributed by atoms with van der Waals surface area (Å²) in [5, 5.41) is 0.422. The molecule has 0 rings (SSSR count). The Morgan fingerprint density at radius 3 is 1.00 bits per heavy atom. The summed E-state index contributed by atoms with van der Waals surface area (Å²) in [6.45, 7) is 0. The summed E-state index contributed by atoms with van der Waals surface area (Å²) in [4.78, 5) is -0.816. The van der Waals surface area contributed by atoms with Gasteiger partial charge in [-0.25, -0.2) is 0 Å². The summed E-state index contributed by atoms with van der Waals surface area (Å²) >= 11 is 40.0. The van der Waals surface area contributed by atoms with E-state index in [-0.39, 0.29) is 19.0 Å². The maximum Gasteiger partial charge on any atom is 0.122 e. The SMILES string of the molecule is ClC(Cl)=C(Cl)C(Br)C(Br)C(Cl)=C(Cl)Cl. The zero-order valence-corrected chi connectivity index (χ0v) is 13.9. The van der Waals surface area contributed by atoms with E-state index in [2.05, 4.69) is 31.9 Å². The normalized spacial score (nSPS) is 14.6. The van der Waals surface area contributed by atoms with Gasteiger partial charge in [0.15, 0.2) is 0 Å². The van der Waals surface area contributed by atoms with Gasteiger partial charge in [0.25, 0.3) is 0 Å². The van der Waals surface area contributed by atoms with Crippen LogP contribution in [-0.4, -0.2) is 9.65 Å². The molecule has 8 heteroatoms. The molecule has 0 heterocycles. The molecule has 0 aromatic carbocycles. The molecule has 0 radical (unpaired) electrons. The van der Waals surface area contributed by atoms with E-state index in [1.807, 2.05) is 0 Å². The first kappa shape index (κ1) is 16.2. The molecule has 0 N–H and O–H groups in total. The summed E-state index contributed by atoms with van der Waals surface area (Å²) in [7, 11) is 0. The minimum absolute atomic E-state index is 0.0480. The Labute approximate surface area is 129 Å². The molecule has 14 heavy (non-hydrogen) atoms. The minimum Gasteiger partial charge on any atom is -0.0852 e. The zero-order valence-electron chi connectivity index (χ0n) is 6.18. The Hall–Kier alpha value is 2.18. The number of alkyl halides is 2. The van der Waals surface area contributed by atoms with Crippen LogP contribution in [0.4, 0.5) is 0 Å². The van der Waals surface area contributed by atoms with Crippen molar-refractivity contribution in [2.75, 3.05) is 0 Å². The Morgan fingerprint density at radius 1 is 0.643 bits per heavy atom. The molecule has 2 unspecified atom stereocenters. The highest BCUT2D eigenvalue weighted by atomic mass is 79.9. The van der Waals surface area contributed by atoms with Crippen LogP contribution in [0, 0.1) is 0 Å². The number of rotatable bonds is 3. The fourth-order valence-corrected chi connectivity index (χ4v) is 3.01. The largest absolute Gasteiger partial charge is 0.122 e. The molecule has 0 saturated heterocycles. The number of allylic oxidation sites excluding steroid dienone is 2. The van der Waals surface area contributed by atoms with E-state index in [0.29, 0.717) is 0 Å². The molecule has 0 amide bonds. The lowest BCUT2D eigenvalue weighted by molar-refractivity contribution is 1.09. The van der Waals surface area contributed by atoms with Gasteiger partial charge in [0.05, 0.1) is 19.7 Å². The molecule has 82 valence electrons. The van der Waals surface area contributed by atoms with Crippen LogP contribution >= 0.6 is 101 Å². The van der Waals surface area contributed by atoms with Gasteiger partial charge in [0.2, 0.25) is 0 Å². The Kier molecular flexibility index (Phi) is 8.66. The number of hydrogen-bond donors (Lipinski definition) is 0. The van der Waals surface area contributed by atoms with Gasteiger partial charge in [-0.2, -0.15) is 0 Å². The molecule has 0 spiro atoms. The third-order valence-corrected chi connectivity index (χ3v) is 6.36. The van der Waals surface area contributed by atoms with Crippen molar-refractivity contribution in [2.24, 2.45) is 0 Å². The summed E-state index contributed by atoms with van der Waals surface area (Å²) in [5.74, 6) is 0. The fraction of sp³-hybridized carbons (Fsp3) is 0.333. The van der Waals surface area contributed by atoms with Crippen molar-refractivity contribution >= 4 is 101 Å². The third kappa shape index (κ3) is 5.01. The molecule has 0 aliphatic rings. The van der Waals surface area contributed by atoms with Crippen LogP contribution in [0.2, 0.25) is 0 Å². The second-order valence-corrected chi connectivity index (χ2v) is 6.71. The predicted molar refractivity (Wildman–Crippen MR) is 74.6 cm³/mol. The minimum atomic E-state index is -0.408. The summed E-state index contributed by atoms with van der Waals surface area (Å²) in [6, 6.07) is 0. The van der Waals surface area contributed by atoms with Gasteiger partial charge in [0.1, 0.15) is 8.98 Å². The molecule has 2 atom stereocenters. The van der Waals surface area contributed by atoms with Gasteiger partial charge in [-0.1, -0.05) is 101 Å². The zero-order chi connectivity index (χ0) is 11.5. The standard InChI is InChI=1S/C6H2Br2Cl6/c7-1(3(9)5(11)12)2(8)4(10)6(13)14/h1-2H. The van der Waals surface area contributed by atoms with Crippen molar-refractivity contribution in [1.82, 2.24) is 0 Å². The summed E-state index contributed by atoms with van der Waals surface area (Å²) in [5.41, 5.74) is 0. The average molecular weight is 447 g/mol. The van der Waals surface area contributed by atoms with Crippen molar-refractivity contribution < 1.29 is 0 Å². The average Bonchev–Trinajstić information content (AvgIpc) is 2.12. The van der Waals surface area contributed by atoms with E-state index >= 15 is 0 Å². The molecule has 0 aromatic heterocycles. The predicted octanol–water partition coefficient (Wildman–Crippen LogP) is 6.28. The lowest BCUT2D eigenvalue weighted by Gasteiger charge is -2.15. The van der Waals surface area contributed by atoms with Crippen LogP contribution in [0.15, 0.2) is 19.0 Å². The van der Waals surface area contributed by atoms with E-state index in [1.54, 1.807) is 0 Å². The van der Waals surface area contributed by atoms with Gasteiger partial charge in [0, 0.05) is 0 Å². The van der Waals surface area contributed by atoms with Crippen LogP contribution in [0.25, 0.3) is 0 Å². The van der Waals surface area contributed by atoms with Gasteiger partial charge >= 0.3 is 0 Å². The maximum absolute atomic E-state index is 5.78. The van der Waals surface area contributed by atoms with Crippen LogP contribution in [0.3, 0.4) is 0 Å². The van der Waals surface area contributed by atoms with Gasteiger partial charge in [-0.15, -0.1) is 0 Å². The van der Waals surface area contributed by atoms with Crippen molar-refractivity contribution in [3.63, 3.8) is 0 Å². The van der Waals surface area contributed by atoms with E-state index in [9.17, 15) is 0 Å². The van der Waals surface area contributed by atoms with E-state index in [0.717, 1.165) is 0 Å². The van der Waals surface area contributed by atoms with Crippen LogP contribution in [-0.2, 0) is 0 Å². The molecular weight excluding hydrogens is 445 g/mol. The van der Waals surface area contributed by atoms with Crippen LogP contribution in [0.5, 0.6) is 0 Å². The van der Waals surface area contributed by atoms with Crippen molar-refractivity contribution in [2.45, 2.75) is 9.65 Å². The summed E-state index contributed by atoms with van der Waals surface area (Å²) in [6.07, 6.45) is 0. The molecule has 0 nitrogen and oxygen atoms in total. The monoisotopic (exact) mass is 442 g/mol. The lowest BCUT2D eigenvalue weighted by Crippen LogP contribution is -2.15. The molecule has 0 aliphatic heterocycles. The second kappa shape index (κ2) is 7.50. The topological polar surface area (TPSA) is 0 Å². The highest BCUT2D eigenvalue weighted by molar-refractivity contribution is 9.12. The summed E-state index contributed by atoms with van der Waals surface area (Å²) < 4.78 is -0.0960. The van der Waals surface area contributed by atoms with Crippen molar-refractivity contribution in [3.05, 3.63) is 19.0 Å². The molecule has 0 fully saturated rings. The third-order valence-electron chi connectivity index (χ3n) is 1.10. The van der Waals surface area contributed by atoms with Crippen LogP contribution in [0.1, 0.15) is 0 Å². The second-order valence-electron chi connectivity index (χ2n) is 2.02. The van der Waals surface area contributed by atoms with Gasteiger partial charge in [-0.05, 0) is 0 Å². The maximum atomic E-state index is 5.78. The lowest BCUT2D eigenvalue weighted by atomic mass is 10.3. The van der Waals surface area contributed by atoms with Crippen LogP contribution < -0.4 is 0 Å². The smallest absolute Gasteiger partial charge is 0.0852 e. The Balaban J connectivity index is 4.82. The molecular formula is C6H2Br2Cl6. The molecule has 0 aromatic rings. The first-order valence-corrected chi connectivity index (χ1v) is 7.08. The quantitative estimate of drug-likeness (QED) is 0.447. The number of hydrogen-bond acceptors (Lipinski definition) is 0. The van der Waals surface area contributed by atoms with Crippen molar-refractivity contribution in [1.29, 1.82) is 0 Å². The fourth-order valence-electron chi connectivity index (χ4n) is 0.465. The molecule has 0 saturated carbocycles. The highest BCUT2D eigenvalue weighted by Gasteiger charge is 2.25. The van der Waals surface area contributed by atoms with Gasteiger partial charge < -0.3 is 0 Å². The number of halogens is 8. The van der Waals surface area contributed by atoms with Crippen molar-refractivity contribution in [3.8, 4) is 0 Å². The highest BCUT2D eigenvalue weighted by Crippen LogP contribution is 2.37. The Bertz CT molecular complexity index is 237.